The molecule has 5 heteroatoms. The molecule has 0 heterocycles. The van der Waals surface area contributed by atoms with Crippen molar-refractivity contribution >= 4 is 34.8 Å². The molecule has 2 aromatic rings. The fraction of sp³-hybridized carbons (Fsp3) is 0.125. The second-order valence-corrected chi connectivity index (χ2v) is 5.81. The lowest BCUT2D eigenvalue weighted by atomic mass is 10.2. The van der Waals surface area contributed by atoms with Crippen molar-refractivity contribution in [2.24, 2.45) is 0 Å². The Kier molecular flexibility index (Phi) is 6.07. The number of nitrogens with one attached hydrogen (secondary N) is 2. The summed E-state index contributed by atoms with van der Waals surface area (Å²) in [7, 11) is 0. The Hall–Kier alpha value is -2.03. The Morgan fingerprint density at radius 1 is 1.14 bits per heavy atom. The van der Waals surface area contributed by atoms with Gasteiger partial charge in [-0.1, -0.05) is 24.3 Å². The molecule has 0 aliphatic carbocycles. The average Bonchev–Trinajstić information content (AvgIpc) is 2.53. The zero-order valence-corrected chi connectivity index (χ0v) is 13.0. The maximum Gasteiger partial charge on any atom is 0.170 e. The molecule has 21 heavy (non-hydrogen) atoms. The number of nitrogens with zero attached hydrogens (tertiary/aromatic N) is 1. The van der Waals surface area contributed by atoms with Gasteiger partial charge in [0.05, 0.1) is 11.6 Å². The first-order valence-corrected chi connectivity index (χ1v) is 7.90. The van der Waals surface area contributed by atoms with Crippen LogP contribution in [0.2, 0.25) is 0 Å². The van der Waals surface area contributed by atoms with E-state index in [0.717, 1.165) is 18.0 Å². The molecule has 0 aliphatic heterocycles. The second-order valence-electron chi connectivity index (χ2n) is 4.24. The molecule has 0 saturated carbocycles. The Labute approximate surface area is 134 Å². The monoisotopic (exact) mass is 313 g/mol. The number of thioether (sulfide) groups is 1. The van der Waals surface area contributed by atoms with Crippen LogP contribution in [-0.4, -0.2) is 17.4 Å². The summed E-state index contributed by atoms with van der Waals surface area (Å²) >= 11 is 7.01. The third-order valence-corrected chi connectivity index (χ3v) is 3.91. The molecule has 0 aliphatic rings. The van der Waals surface area contributed by atoms with E-state index in [1.54, 1.807) is 23.9 Å². The molecule has 0 radical (unpaired) electrons. The minimum absolute atomic E-state index is 0.568. The molecule has 2 aromatic carbocycles. The van der Waals surface area contributed by atoms with E-state index >= 15 is 0 Å². The summed E-state index contributed by atoms with van der Waals surface area (Å²) in [6, 6.07) is 19.6. The van der Waals surface area contributed by atoms with Crippen molar-refractivity contribution in [3.8, 4) is 6.07 Å². The number of hydrogen-bond acceptors (Lipinski definition) is 3. The van der Waals surface area contributed by atoms with E-state index in [4.69, 9.17) is 17.5 Å². The van der Waals surface area contributed by atoms with E-state index in [1.807, 2.05) is 30.3 Å². The summed E-state index contributed by atoms with van der Waals surface area (Å²) in [6.07, 6.45) is 0. The minimum Gasteiger partial charge on any atom is -0.362 e. The molecule has 2 N–H and O–H groups in total. The molecule has 0 unspecified atom stereocenters. The van der Waals surface area contributed by atoms with Crippen LogP contribution in [0.25, 0.3) is 0 Å². The first-order valence-electron chi connectivity index (χ1n) is 6.51. The van der Waals surface area contributed by atoms with Crippen molar-refractivity contribution in [1.82, 2.24) is 5.32 Å². The highest BCUT2D eigenvalue weighted by atomic mass is 32.2. The Balaban J connectivity index is 1.71. The van der Waals surface area contributed by atoms with Gasteiger partial charge in [-0.3, -0.25) is 0 Å². The molecule has 0 fully saturated rings. The Morgan fingerprint density at radius 3 is 2.71 bits per heavy atom. The van der Waals surface area contributed by atoms with Gasteiger partial charge in [0.2, 0.25) is 0 Å². The summed E-state index contributed by atoms with van der Waals surface area (Å²) in [6.45, 7) is 0.781. The summed E-state index contributed by atoms with van der Waals surface area (Å²) in [4.78, 5) is 1.25. The van der Waals surface area contributed by atoms with Crippen molar-refractivity contribution < 1.29 is 0 Å². The van der Waals surface area contributed by atoms with E-state index in [9.17, 15) is 0 Å². The fourth-order valence-electron chi connectivity index (χ4n) is 1.69. The summed E-state index contributed by atoms with van der Waals surface area (Å²) in [5.74, 6) is 0.935. The predicted molar refractivity (Wildman–Crippen MR) is 92.5 cm³/mol. The van der Waals surface area contributed by atoms with Crippen molar-refractivity contribution in [1.29, 1.82) is 5.26 Å². The maximum atomic E-state index is 8.85. The quantitative estimate of drug-likeness (QED) is 0.501. The van der Waals surface area contributed by atoms with Gasteiger partial charge in [0.15, 0.2) is 5.11 Å². The highest BCUT2D eigenvalue weighted by Gasteiger charge is 1.99. The maximum absolute atomic E-state index is 8.85. The van der Waals surface area contributed by atoms with Gasteiger partial charge in [-0.25, -0.2) is 0 Å². The van der Waals surface area contributed by atoms with E-state index in [-0.39, 0.29) is 0 Å². The van der Waals surface area contributed by atoms with Gasteiger partial charge in [0.25, 0.3) is 0 Å². The average molecular weight is 313 g/mol. The number of rotatable bonds is 5. The summed E-state index contributed by atoms with van der Waals surface area (Å²) in [5, 5.41) is 15.6. The third-order valence-electron chi connectivity index (χ3n) is 2.65. The zero-order valence-electron chi connectivity index (χ0n) is 11.4. The van der Waals surface area contributed by atoms with E-state index < -0.39 is 0 Å². The molecule has 2 rings (SSSR count). The second kappa shape index (κ2) is 8.30. The van der Waals surface area contributed by atoms with Crippen LogP contribution in [0.5, 0.6) is 0 Å². The van der Waals surface area contributed by atoms with Gasteiger partial charge >= 0.3 is 0 Å². The van der Waals surface area contributed by atoms with Gasteiger partial charge < -0.3 is 10.6 Å². The lowest BCUT2D eigenvalue weighted by Crippen LogP contribution is -2.30. The number of anilines is 1. The summed E-state index contributed by atoms with van der Waals surface area (Å²) < 4.78 is 0. The molecule has 0 saturated heterocycles. The summed E-state index contributed by atoms with van der Waals surface area (Å²) in [5.41, 5.74) is 1.43. The van der Waals surface area contributed by atoms with Crippen molar-refractivity contribution in [3.05, 3.63) is 60.2 Å². The molecule has 0 spiro atoms. The number of thiocarbonyl (C=S) groups is 1. The molecule has 0 aromatic heterocycles. The molecule has 3 nitrogen and oxygen atoms in total. The topological polar surface area (TPSA) is 47.9 Å². The highest BCUT2D eigenvalue weighted by Crippen LogP contribution is 2.15. The van der Waals surface area contributed by atoms with Gasteiger partial charge in [-0.05, 0) is 42.5 Å². The van der Waals surface area contributed by atoms with Crippen LogP contribution in [0.4, 0.5) is 5.69 Å². The normalized spacial score (nSPS) is 9.67. The van der Waals surface area contributed by atoms with E-state index in [0.29, 0.717) is 10.7 Å². The van der Waals surface area contributed by atoms with Crippen LogP contribution in [0.15, 0.2) is 59.5 Å². The Bertz CT molecular complexity index is 635. The van der Waals surface area contributed by atoms with Crippen molar-refractivity contribution in [2.75, 3.05) is 17.6 Å². The molecular formula is C16H15N3S2. The minimum atomic E-state index is 0.568. The van der Waals surface area contributed by atoms with Crippen LogP contribution in [-0.2, 0) is 0 Å². The standard InChI is InChI=1S/C16H15N3S2/c17-12-13-5-4-6-14(11-13)19-16(20)18-9-10-21-15-7-2-1-3-8-15/h1-8,11H,9-10H2,(H2,18,19,20). The van der Waals surface area contributed by atoms with Gasteiger partial charge in [0.1, 0.15) is 0 Å². The lowest BCUT2D eigenvalue weighted by molar-refractivity contribution is 0.990. The molecule has 0 atom stereocenters. The Morgan fingerprint density at radius 2 is 1.95 bits per heavy atom. The van der Waals surface area contributed by atoms with Crippen molar-refractivity contribution in [2.45, 2.75) is 4.90 Å². The SMILES string of the molecule is N#Cc1cccc(NC(=S)NCCSc2ccccc2)c1. The highest BCUT2D eigenvalue weighted by molar-refractivity contribution is 7.99. The zero-order chi connectivity index (χ0) is 14.9. The number of hydrogen-bond donors (Lipinski definition) is 2. The molecule has 0 amide bonds. The van der Waals surface area contributed by atoms with Gasteiger partial charge in [-0.15, -0.1) is 11.8 Å². The van der Waals surface area contributed by atoms with Gasteiger partial charge in [0, 0.05) is 22.9 Å². The predicted octanol–water partition coefficient (Wildman–Crippen LogP) is 3.64. The smallest absolute Gasteiger partial charge is 0.170 e. The van der Waals surface area contributed by atoms with E-state index in [2.05, 4.69) is 28.8 Å². The first kappa shape index (κ1) is 15.4. The lowest BCUT2D eigenvalue weighted by Gasteiger charge is -2.10. The largest absolute Gasteiger partial charge is 0.362 e. The number of nitriles is 1. The third kappa shape index (κ3) is 5.46. The van der Waals surface area contributed by atoms with Crippen LogP contribution < -0.4 is 10.6 Å². The fourth-order valence-corrected chi connectivity index (χ4v) is 2.70. The number of benzene rings is 2. The van der Waals surface area contributed by atoms with Crippen LogP contribution in [0.1, 0.15) is 5.56 Å². The molecule has 106 valence electrons. The van der Waals surface area contributed by atoms with Gasteiger partial charge in [-0.2, -0.15) is 5.26 Å². The molecular weight excluding hydrogens is 298 g/mol. The van der Waals surface area contributed by atoms with Crippen molar-refractivity contribution in [3.63, 3.8) is 0 Å². The molecule has 0 bridgehead atoms. The van der Waals surface area contributed by atoms with E-state index in [1.165, 1.54) is 4.90 Å². The van der Waals surface area contributed by atoms with Crippen LogP contribution >= 0.6 is 24.0 Å². The first-order chi connectivity index (χ1) is 10.3. The van der Waals surface area contributed by atoms with Crippen LogP contribution in [0, 0.1) is 11.3 Å². The van der Waals surface area contributed by atoms with Crippen LogP contribution in [0.3, 0.4) is 0 Å².